The normalized spacial score (nSPS) is 15.8. The average Bonchev–Trinajstić information content (AvgIpc) is 3.09. The Labute approximate surface area is 192 Å². The summed E-state index contributed by atoms with van der Waals surface area (Å²) in [7, 11) is 0. The molecular weight excluding hydrogens is 422 g/mol. The van der Waals surface area contributed by atoms with Gasteiger partial charge >= 0.3 is 0 Å². The monoisotopic (exact) mass is 453 g/mol. The first-order chi connectivity index (χ1) is 15.4. The van der Waals surface area contributed by atoms with Gasteiger partial charge in [-0.1, -0.05) is 0 Å². The highest BCUT2D eigenvalue weighted by Crippen LogP contribution is 2.34. The summed E-state index contributed by atoms with van der Waals surface area (Å²) in [6.45, 7) is 8.32. The summed E-state index contributed by atoms with van der Waals surface area (Å²) in [5.41, 5.74) is 3.65. The molecule has 0 aliphatic carbocycles. The Kier molecular flexibility index (Phi) is 6.71. The van der Waals surface area contributed by atoms with E-state index in [-0.39, 0.29) is 24.1 Å². The number of aromatic nitrogens is 3. The van der Waals surface area contributed by atoms with Gasteiger partial charge in [-0.15, -0.1) is 11.8 Å². The number of carbonyl (C=O) groups is 1. The molecule has 0 aromatic carbocycles. The first kappa shape index (κ1) is 22.6. The van der Waals surface area contributed by atoms with E-state index in [0.717, 1.165) is 53.2 Å². The van der Waals surface area contributed by atoms with Gasteiger partial charge in [0.1, 0.15) is 5.65 Å². The zero-order valence-corrected chi connectivity index (χ0v) is 19.9. The molecule has 1 amide bonds. The van der Waals surface area contributed by atoms with Gasteiger partial charge in [-0.05, 0) is 77.1 Å². The van der Waals surface area contributed by atoms with Crippen molar-refractivity contribution in [3.8, 4) is 0 Å². The largest absolute Gasteiger partial charge is 0.348 e. The van der Waals surface area contributed by atoms with Gasteiger partial charge in [-0.3, -0.25) is 9.59 Å². The maximum atomic E-state index is 13.4. The molecule has 3 aromatic heterocycles. The third kappa shape index (κ3) is 4.21. The van der Waals surface area contributed by atoms with Crippen LogP contribution in [0.2, 0.25) is 0 Å². The minimum atomic E-state index is -0.177. The van der Waals surface area contributed by atoms with Crippen LogP contribution in [0.5, 0.6) is 0 Å². The lowest BCUT2D eigenvalue weighted by Crippen LogP contribution is -2.32. The van der Waals surface area contributed by atoms with Gasteiger partial charge in [0.25, 0.3) is 11.5 Å². The highest BCUT2D eigenvalue weighted by molar-refractivity contribution is 7.98. The van der Waals surface area contributed by atoms with Crippen LogP contribution in [0.3, 0.4) is 0 Å². The number of nitrogens with one attached hydrogen (secondary N) is 3. The Bertz CT molecular complexity index is 1190. The van der Waals surface area contributed by atoms with E-state index in [0.29, 0.717) is 17.0 Å². The maximum Gasteiger partial charge on any atom is 0.254 e. The molecule has 0 saturated carbocycles. The van der Waals surface area contributed by atoms with Crippen LogP contribution in [0.4, 0.5) is 0 Å². The number of aromatic amines is 1. The molecule has 8 heteroatoms. The fourth-order valence-electron chi connectivity index (χ4n) is 4.87. The maximum absolute atomic E-state index is 13.4. The Balaban J connectivity index is 1.67. The van der Waals surface area contributed by atoms with Crippen LogP contribution in [-0.4, -0.2) is 39.8 Å². The SMILES string of the molecule is CSc1cc(C)[nH]c(=O)c1CNC(=O)c1c(C)n(C(C)C2CCNCC2)c2ncccc12. The van der Waals surface area contributed by atoms with Crippen LogP contribution in [0, 0.1) is 19.8 Å². The minimum absolute atomic E-state index is 0.157. The van der Waals surface area contributed by atoms with E-state index < -0.39 is 0 Å². The predicted octanol–water partition coefficient (Wildman–Crippen LogP) is 3.55. The third-order valence-corrected chi connectivity index (χ3v) is 7.39. The van der Waals surface area contributed by atoms with Crippen molar-refractivity contribution in [2.24, 2.45) is 5.92 Å². The van der Waals surface area contributed by atoms with Crippen LogP contribution in [0.25, 0.3) is 11.0 Å². The molecular formula is C24H31N5O2S. The van der Waals surface area contributed by atoms with E-state index in [2.05, 4.69) is 32.1 Å². The molecule has 0 radical (unpaired) electrons. The molecule has 1 aliphatic rings. The number of H-pyrrole nitrogens is 1. The van der Waals surface area contributed by atoms with Crippen molar-refractivity contribution in [3.05, 3.63) is 57.3 Å². The van der Waals surface area contributed by atoms with Crippen molar-refractivity contribution in [3.63, 3.8) is 0 Å². The van der Waals surface area contributed by atoms with E-state index >= 15 is 0 Å². The van der Waals surface area contributed by atoms with E-state index in [1.165, 1.54) is 11.8 Å². The lowest BCUT2D eigenvalue weighted by Gasteiger charge is -2.30. The van der Waals surface area contributed by atoms with Crippen molar-refractivity contribution in [2.45, 2.75) is 51.1 Å². The van der Waals surface area contributed by atoms with E-state index in [1.807, 2.05) is 38.3 Å². The Morgan fingerprint density at radius 1 is 1.34 bits per heavy atom. The van der Waals surface area contributed by atoms with Gasteiger partial charge in [0.15, 0.2) is 0 Å². The zero-order valence-electron chi connectivity index (χ0n) is 19.1. The van der Waals surface area contributed by atoms with Crippen molar-refractivity contribution in [1.82, 2.24) is 25.2 Å². The van der Waals surface area contributed by atoms with Gasteiger partial charge < -0.3 is 20.2 Å². The molecule has 7 nitrogen and oxygen atoms in total. The standard InChI is InChI=1S/C24H31N5O2S/c1-14-12-20(32-4)19(23(30)28-14)13-27-24(31)21-16(3)29(22-18(21)6-5-9-26-22)15(2)17-7-10-25-11-8-17/h5-6,9,12,15,17,25H,7-8,10-11,13H2,1-4H3,(H,27,31)(H,28,30). The molecule has 1 saturated heterocycles. The first-order valence-corrected chi connectivity index (χ1v) is 12.4. The number of piperidine rings is 1. The van der Waals surface area contributed by atoms with Crippen LogP contribution in [0.1, 0.15) is 53.1 Å². The van der Waals surface area contributed by atoms with Gasteiger partial charge in [0, 0.05) is 46.0 Å². The lowest BCUT2D eigenvalue weighted by molar-refractivity contribution is 0.0951. The Morgan fingerprint density at radius 2 is 2.09 bits per heavy atom. The fraction of sp³-hybridized carbons (Fsp3) is 0.458. The van der Waals surface area contributed by atoms with Gasteiger partial charge in [-0.2, -0.15) is 0 Å². The Morgan fingerprint density at radius 3 is 2.81 bits per heavy atom. The number of nitrogens with zero attached hydrogens (tertiary/aromatic N) is 2. The number of hydrogen-bond donors (Lipinski definition) is 3. The number of pyridine rings is 2. The lowest BCUT2D eigenvalue weighted by atomic mass is 9.91. The molecule has 4 rings (SSSR count). The summed E-state index contributed by atoms with van der Waals surface area (Å²) in [6, 6.07) is 6.02. The molecule has 32 heavy (non-hydrogen) atoms. The number of hydrogen-bond acceptors (Lipinski definition) is 5. The molecule has 170 valence electrons. The second-order valence-electron chi connectivity index (χ2n) is 8.54. The molecule has 1 atom stereocenters. The van der Waals surface area contributed by atoms with Crippen molar-refractivity contribution >= 4 is 28.7 Å². The summed E-state index contributed by atoms with van der Waals surface area (Å²) in [4.78, 5) is 34.2. The number of carbonyl (C=O) groups excluding carboxylic acids is 1. The Hall–Kier alpha value is -2.58. The summed E-state index contributed by atoms with van der Waals surface area (Å²) in [6.07, 6.45) is 5.95. The van der Waals surface area contributed by atoms with Crippen LogP contribution in [0.15, 0.2) is 34.1 Å². The smallest absolute Gasteiger partial charge is 0.254 e. The zero-order chi connectivity index (χ0) is 22.8. The van der Waals surface area contributed by atoms with E-state index in [4.69, 9.17) is 0 Å². The number of amides is 1. The van der Waals surface area contributed by atoms with Crippen LogP contribution < -0.4 is 16.2 Å². The summed E-state index contributed by atoms with van der Waals surface area (Å²) < 4.78 is 2.23. The summed E-state index contributed by atoms with van der Waals surface area (Å²) in [5, 5.41) is 7.27. The molecule has 1 fully saturated rings. The quantitative estimate of drug-likeness (QED) is 0.497. The number of fused-ring (bicyclic) bond motifs is 1. The van der Waals surface area contributed by atoms with Crippen LogP contribution >= 0.6 is 11.8 Å². The molecule has 0 spiro atoms. The fourth-order valence-corrected chi connectivity index (χ4v) is 5.58. The van der Waals surface area contributed by atoms with Gasteiger partial charge in [0.2, 0.25) is 0 Å². The average molecular weight is 454 g/mol. The predicted molar refractivity (Wildman–Crippen MR) is 130 cm³/mol. The number of thioether (sulfide) groups is 1. The van der Waals surface area contributed by atoms with Crippen molar-refractivity contribution in [1.29, 1.82) is 0 Å². The highest BCUT2D eigenvalue weighted by Gasteiger charge is 2.28. The molecule has 3 N–H and O–H groups in total. The first-order valence-electron chi connectivity index (χ1n) is 11.1. The molecule has 0 bridgehead atoms. The van der Waals surface area contributed by atoms with Crippen molar-refractivity contribution < 1.29 is 4.79 Å². The second kappa shape index (κ2) is 9.50. The molecule has 1 unspecified atom stereocenters. The topological polar surface area (TPSA) is 91.8 Å². The van der Waals surface area contributed by atoms with E-state index in [1.54, 1.807) is 6.20 Å². The van der Waals surface area contributed by atoms with Gasteiger partial charge in [-0.25, -0.2) is 4.98 Å². The third-order valence-electron chi connectivity index (χ3n) is 6.58. The number of aryl methyl sites for hydroxylation is 1. The molecule has 3 aromatic rings. The van der Waals surface area contributed by atoms with Crippen LogP contribution in [-0.2, 0) is 6.54 Å². The van der Waals surface area contributed by atoms with Gasteiger partial charge in [0.05, 0.1) is 5.56 Å². The molecule has 4 heterocycles. The minimum Gasteiger partial charge on any atom is -0.348 e. The van der Waals surface area contributed by atoms with E-state index in [9.17, 15) is 9.59 Å². The summed E-state index contributed by atoms with van der Waals surface area (Å²) >= 11 is 1.51. The summed E-state index contributed by atoms with van der Waals surface area (Å²) in [5.74, 6) is 0.363. The van der Waals surface area contributed by atoms with Crippen molar-refractivity contribution in [2.75, 3.05) is 19.3 Å². The highest BCUT2D eigenvalue weighted by atomic mass is 32.2. The number of rotatable bonds is 6. The second-order valence-corrected chi connectivity index (χ2v) is 9.39. The molecule has 1 aliphatic heterocycles.